The lowest BCUT2D eigenvalue weighted by molar-refractivity contribution is -0.126. The lowest BCUT2D eigenvalue weighted by atomic mass is 9.90. The van der Waals surface area contributed by atoms with E-state index in [0.29, 0.717) is 10.0 Å². The van der Waals surface area contributed by atoms with E-state index in [1.165, 1.54) is 13.3 Å². The van der Waals surface area contributed by atoms with Crippen LogP contribution in [0.2, 0.25) is 0 Å². The summed E-state index contributed by atoms with van der Waals surface area (Å²) in [6, 6.07) is 22.0. The van der Waals surface area contributed by atoms with Gasteiger partial charge in [0.1, 0.15) is 0 Å². The van der Waals surface area contributed by atoms with E-state index in [1.807, 2.05) is 60.7 Å². The van der Waals surface area contributed by atoms with Gasteiger partial charge in [-0.2, -0.15) is 5.10 Å². The predicted molar refractivity (Wildman–Crippen MR) is 126 cm³/mol. The largest absolute Gasteiger partial charge is 0.503 e. The van der Waals surface area contributed by atoms with E-state index >= 15 is 0 Å². The number of hydrazone groups is 1. The molecule has 3 N–H and O–H groups in total. The molecule has 7 nitrogen and oxygen atoms in total. The van der Waals surface area contributed by atoms with Crippen LogP contribution >= 0.6 is 15.9 Å². The van der Waals surface area contributed by atoms with Crippen molar-refractivity contribution in [3.8, 4) is 11.5 Å². The number of ether oxygens (including phenoxy) is 1. The average molecular weight is 496 g/mol. The second-order valence-electron chi connectivity index (χ2n) is 6.82. The number of carbonyl (C=O) groups is 2. The summed E-state index contributed by atoms with van der Waals surface area (Å²) in [5, 5.41) is 16.4. The van der Waals surface area contributed by atoms with Crippen LogP contribution in [0.1, 0.15) is 22.6 Å². The molecule has 0 aliphatic heterocycles. The number of hydrogen-bond acceptors (Lipinski definition) is 5. The summed E-state index contributed by atoms with van der Waals surface area (Å²) in [5.74, 6) is -1.04. The zero-order chi connectivity index (χ0) is 22.9. The molecular weight excluding hydrogens is 474 g/mol. The molecule has 3 aromatic carbocycles. The topological polar surface area (TPSA) is 100 Å². The summed E-state index contributed by atoms with van der Waals surface area (Å²) in [7, 11) is 1.44. The van der Waals surface area contributed by atoms with Crippen molar-refractivity contribution in [2.75, 3.05) is 13.7 Å². The van der Waals surface area contributed by atoms with E-state index < -0.39 is 11.8 Å². The maximum Gasteiger partial charge on any atom is 0.259 e. The van der Waals surface area contributed by atoms with Crippen LogP contribution in [-0.2, 0) is 9.59 Å². The SMILES string of the molecule is COc1cc(/C=N/NC(=O)CNC(=O)C(c2ccccc2)c2ccccc2)cc(Br)c1O. The van der Waals surface area contributed by atoms with Gasteiger partial charge in [-0.1, -0.05) is 60.7 Å². The molecule has 0 aliphatic carbocycles. The van der Waals surface area contributed by atoms with E-state index in [4.69, 9.17) is 4.74 Å². The third-order valence-electron chi connectivity index (χ3n) is 4.62. The minimum atomic E-state index is -0.532. The van der Waals surface area contributed by atoms with Gasteiger partial charge in [0.2, 0.25) is 5.91 Å². The Hall–Kier alpha value is -3.65. The number of halogens is 1. The summed E-state index contributed by atoms with van der Waals surface area (Å²) in [6.45, 7) is -0.227. The van der Waals surface area contributed by atoms with Crippen LogP contribution in [0.5, 0.6) is 11.5 Å². The van der Waals surface area contributed by atoms with Gasteiger partial charge in [0, 0.05) is 0 Å². The molecule has 0 aromatic heterocycles. The van der Waals surface area contributed by atoms with E-state index in [0.717, 1.165) is 11.1 Å². The Morgan fingerprint density at radius 3 is 2.22 bits per heavy atom. The standard InChI is InChI=1S/C24H22BrN3O4/c1-32-20-13-16(12-19(25)23(20)30)14-27-28-21(29)15-26-24(31)22(17-8-4-2-5-9-17)18-10-6-3-7-11-18/h2-14,22,30H,15H2,1H3,(H,26,31)(H,28,29)/b27-14+. The fourth-order valence-electron chi connectivity index (χ4n) is 3.10. The Morgan fingerprint density at radius 1 is 1.06 bits per heavy atom. The summed E-state index contributed by atoms with van der Waals surface area (Å²) in [6.07, 6.45) is 1.41. The molecule has 8 heteroatoms. The maximum atomic E-state index is 12.9. The molecule has 0 saturated heterocycles. The highest BCUT2D eigenvalue weighted by molar-refractivity contribution is 9.10. The molecule has 0 radical (unpaired) electrons. The number of benzene rings is 3. The Bertz CT molecular complexity index is 1070. The Balaban J connectivity index is 1.61. The van der Waals surface area contributed by atoms with Gasteiger partial charge >= 0.3 is 0 Å². The lowest BCUT2D eigenvalue weighted by Gasteiger charge is -2.17. The number of nitrogens with zero attached hydrogens (tertiary/aromatic N) is 1. The summed E-state index contributed by atoms with van der Waals surface area (Å²) >= 11 is 3.22. The van der Waals surface area contributed by atoms with E-state index in [1.54, 1.807) is 12.1 Å². The van der Waals surface area contributed by atoms with Gasteiger partial charge in [0.05, 0.1) is 30.3 Å². The third-order valence-corrected chi connectivity index (χ3v) is 5.23. The molecule has 3 aromatic rings. The first-order valence-corrected chi connectivity index (χ1v) is 10.5. The van der Waals surface area contributed by atoms with Crippen molar-refractivity contribution in [2.24, 2.45) is 5.10 Å². The molecular formula is C24H22BrN3O4. The van der Waals surface area contributed by atoms with Crippen LogP contribution in [0.25, 0.3) is 0 Å². The number of rotatable bonds is 8. The first kappa shape index (κ1) is 23.0. The predicted octanol–water partition coefficient (Wildman–Crippen LogP) is 3.56. The van der Waals surface area contributed by atoms with Gasteiger partial charge in [0.15, 0.2) is 11.5 Å². The molecule has 32 heavy (non-hydrogen) atoms. The van der Waals surface area contributed by atoms with Crippen molar-refractivity contribution in [1.82, 2.24) is 10.7 Å². The molecule has 164 valence electrons. The second kappa shape index (κ2) is 11.1. The number of hydrogen-bond donors (Lipinski definition) is 3. The molecule has 0 saturated carbocycles. The molecule has 0 bridgehead atoms. The number of phenolic OH excluding ortho intramolecular Hbond substituents is 1. The molecule has 0 spiro atoms. The monoisotopic (exact) mass is 495 g/mol. The highest BCUT2D eigenvalue weighted by Gasteiger charge is 2.22. The summed E-state index contributed by atoms with van der Waals surface area (Å²) in [4.78, 5) is 25.1. The van der Waals surface area contributed by atoms with Crippen molar-refractivity contribution < 1.29 is 19.4 Å². The van der Waals surface area contributed by atoms with Crippen LogP contribution in [0.3, 0.4) is 0 Å². The number of amides is 2. The van der Waals surface area contributed by atoms with Crippen LogP contribution in [-0.4, -0.2) is 36.8 Å². The number of carbonyl (C=O) groups excluding carboxylic acids is 2. The van der Waals surface area contributed by atoms with Crippen LogP contribution in [0.15, 0.2) is 82.4 Å². The molecule has 3 rings (SSSR count). The Kier molecular flexibility index (Phi) is 7.99. The van der Waals surface area contributed by atoms with E-state index in [9.17, 15) is 14.7 Å². The smallest absolute Gasteiger partial charge is 0.259 e. The quantitative estimate of drug-likeness (QED) is 0.328. The molecule has 0 aliphatic rings. The van der Waals surface area contributed by atoms with Gasteiger partial charge < -0.3 is 15.2 Å². The Morgan fingerprint density at radius 2 is 1.66 bits per heavy atom. The number of phenols is 1. The van der Waals surface area contributed by atoms with Gasteiger partial charge in [-0.25, -0.2) is 5.43 Å². The number of methoxy groups -OCH3 is 1. The molecule has 2 amide bonds. The van der Waals surface area contributed by atoms with Crippen LogP contribution < -0.4 is 15.5 Å². The Labute approximate surface area is 194 Å². The zero-order valence-corrected chi connectivity index (χ0v) is 18.9. The van der Waals surface area contributed by atoms with Gasteiger partial charge in [-0.15, -0.1) is 0 Å². The van der Waals surface area contributed by atoms with E-state index in [-0.39, 0.29) is 24.0 Å². The number of nitrogens with one attached hydrogen (secondary N) is 2. The zero-order valence-electron chi connectivity index (χ0n) is 17.3. The average Bonchev–Trinajstić information content (AvgIpc) is 2.81. The minimum Gasteiger partial charge on any atom is -0.503 e. The number of aromatic hydroxyl groups is 1. The van der Waals surface area contributed by atoms with Crippen molar-refractivity contribution in [3.05, 3.63) is 94.0 Å². The van der Waals surface area contributed by atoms with Crippen molar-refractivity contribution in [2.45, 2.75) is 5.92 Å². The normalized spacial score (nSPS) is 10.8. The van der Waals surface area contributed by atoms with Gasteiger partial charge in [0.25, 0.3) is 5.91 Å². The first-order chi connectivity index (χ1) is 15.5. The van der Waals surface area contributed by atoms with Crippen molar-refractivity contribution in [1.29, 1.82) is 0 Å². The highest BCUT2D eigenvalue weighted by Crippen LogP contribution is 2.34. The fraction of sp³-hybridized carbons (Fsp3) is 0.125. The van der Waals surface area contributed by atoms with Crippen LogP contribution in [0.4, 0.5) is 0 Å². The second-order valence-corrected chi connectivity index (χ2v) is 7.67. The molecule has 0 fully saturated rings. The molecule has 0 atom stereocenters. The maximum absolute atomic E-state index is 12.9. The minimum absolute atomic E-state index is 0.0252. The van der Waals surface area contributed by atoms with Crippen LogP contribution in [0, 0.1) is 0 Å². The van der Waals surface area contributed by atoms with Crippen molar-refractivity contribution in [3.63, 3.8) is 0 Å². The van der Waals surface area contributed by atoms with Gasteiger partial charge in [-0.3, -0.25) is 9.59 Å². The van der Waals surface area contributed by atoms with Gasteiger partial charge in [-0.05, 0) is 44.8 Å². The highest BCUT2D eigenvalue weighted by atomic mass is 79.9. The third kappa shape index (κ3) is 5.95. The fourth-order valence-corrected chi connectivity index (χ4v) is 3.56. The summed E-state index contributed by atoms with van der Waals surface area (Å²) in [5.41, 5.74) is 4.64. The lowest BCUT2D eigenvalue weighted by Crippen LogP contribution is -2.37. The molecule has 0 heterocycles. The first-order valence-electron chi connectivity index (χ1n) is 9.75. The van der Waals surface area contributed by atoms with Crippen molar-refractivity contribution >= 4 is 34.0 Å². The molecule has 0 unspecified atom stereocenters. The van der Waals surface area contributed by atoms with E-state index in [2.05, 4.69) is 31.8 Å². The summed E-state index contributed by atoms with van der Waals surface area (Å²) < 4.78 is 5.51.